The smallest absolute Gasteiger partial charge is 0.306 e. The van der Waals surface area contributed by atoms with Gasteiger partial charge in [-0.1, -0.05) is 267 Å². The van der Waals surface area contributed by atoms with Gasteiger partial charge >= 0.3 is 5.97 Å². The van der Waals surface area contributed by atoms with E-state index >= 15 is 0 Å². The summed E-state index contributed by atoms with van der Waals surface area (Å²) in [7, 11) is 0. The molecule has 61 heavy (non-hydrogen) atoms. The van der Waals surface area contributed by atoms with Gasteiger partial charge in [-0.05, 0) is 57.8 Å². The Bertz CT molecular complexity index is 993. The Kier molecular flexibility index (Phi) is 52.5. The lowest BCUT2D eigenvalue weighted by molar-refractivity contribution is -0.154. The van der Waals surface area contributed by atoms with E-state index < -0.39 is 6.10 Å². The molecule has 0 saturated heterocycles. The lowest BCUT2D eigenvalue weighted by Crippen LogP contribution is -2.27. The molecule has 0 radical (unpaired) electrons. The zero-order valence-corrected chi connectivity index (χ0v) is 40.9. The summed E-state index contributed by atoms with van der Waals surface area (Å²) in [6.07, 6.45) is 73.3. The number of hydrogen-bond acceptors (Lipinski definition) is 4. The van der Waals surface area contributed by atoms with Crippen molar-refractivity contribution < 1.29 is 19.4 Å². The number of rotatable bonds is 50. The number of unbranched alkanes of at least 4 members (excludes halogenated alkanes) is 32. The molecule has 4 heteroatoms. The molecule has 0 amide bonds. The monoisotopic (exact) mass is 853 g/mol. The summed E-state index contributed by atoms with van der Waals surface area (Å²) in [5, 5.41) is 9.67. The summed E-state index contributed by atoms with van der Waals surface area (Å²) in [4.78, 5) is 12.3. The molecule has 0 aliphatic rings. The minimum atomic E-state index is -0.539. The second-order valence-electron chi connectivity index (χ2n) is 17.9. The maximum atomic E-state index is 12.3. The quantitative estimate of drug-likeness (QED) is 0.0376. The highest BCUT2D eigenvalue weighted by molar-refractivity contribution is 5.69. The average Bonchev–Trinajstić information content (AvgIpc) is 3.27. The second-order valence-corrected chi connectivity index (χ2v) is 17.9. The van der Waals surface area contributed by atoms with Gasteiger partial charge < -0.3 is 14.6 Å². The lowest BCUT2D eigenvalue weighted by atomic mass is 10.0. The molecule has 1 unspecified atom stereocenters. The number of aliphatic hydroxyl groups excluding tert-OH is 1. The number of aliphatic hydroxyl groups is 1. The fourth-order valence-electron chi connectivity index (χ4n) is 7.89. The Balaban J connectivity index is 3.40. The van der Waals surface area contributed by atoms with Crippen molar-refractivity contribution in [2.45, 2.75) is 277 Å². The first-order valence-corrected chi connectivity index (χ1v) is 26.9. The van der Waals surface area contributed by atoms with Crippen LogP contribution in [0.25, 0.3) is 0 Å². The van der Waals surface area contributed by atoms with Crippen LogP contribution in [0.3, 0.4) is 0 Å². The van der Waals surface area contributed by atoms with Gasteiger partial charge in [-0.25, -0.2) is 0 Å². The van der Waals surface area contributed by atoms with Crippen molar-refractivity contribution in [2.75, 3.05) is 19.8 Å². The molecule has 0 aromatic heterocycles. The van der Waals surface area contributed by atoms with Gasteiger partial charge in [0.25, 0.3) is 0 Å². The fourth-order valence-corrected chi connectivity index (χ4v) is 7.89. The van der Waals surface area contributed by atoms with Gasteiger partial charge in [0.05, 0.1) is 13.2 Å². The van der Waals surface area contributed by atoms with E-state index in [-0.39, 0.29) is 12.6 Å². The molecule has 356 valence electrons. The van der Waals surface area contributed by atoms with Crippen LogP contribution in [0.5, 0.6) is 0 Å². The molecule has 0 fully saturated rings. The molecule has 0 aromatic carbocycles. The summed E-state index contributed by atoms with van der Waals surface area (Å²) in [6.45, 7) is 5.27. The third-order valence-corrected chi connectivity index (χ3v) is 11.9. The second kappa shape index (κ2) is 54.2. The summed E-state index contributed by atoms with van der Waals surface area (Å²) >= 11 is 0. The number of carbonyl (C=O) groups is 1. The van der Waals surface area contributed by atoms with E-state index in [0.717, 1.165) is 51.4 Å². The zero-order chi connectivity index (χ0) is 44.0. The van der Waals surface area contributed by atoms with Crippen molar-refractivity contribution in [3.63, 3.8) is 0 Å². The largest absolute Gasteiger partial charge is 0.457 e. The first-order chi connectivity index (χ1) is 30.2. The topological polar surface area (TPSA) is 55.8 Å². The van der Waals surface area contributed by atoms with Crippen molar-refractivity contribution >= 4 is 5.97 Å². The van der Waals surface area contributed by atoms with Crippen molar-refractivity contribution in [3.05, 3.63) is 60.8 Å². The molecule has 0 rings (SSSR count). The summed E-state index contributed by atoms with van der Waals surface area (Å²) in [6, 6.07) is 0. The number of carbonyl (C=O) groups excluding carboxylic acids is 1. The van der Waals surface area contributed by atoms with E-state index in [1.165, 1.54) is 199 Å². The van der Waals surface area contributed by atoms with Crippen LogP contribution in [-0.4, -0.2) is 37.0 Å². The molecule has 0 aromatic rings. The van der Waals surface area contributed by atoms with Gasteiger partial charge in [-0.15, -0.1) is 0 Å². The molecule has 0 spiro atoms. The summed E-state index contributed by atoms with van der Waals surface area (Å²) in [5.74, 6) is -0.204. The number of allylic oxidation sites excluding steroid dienone is 10. The number of esters is 1. The third kappa shape index (κ3) is 52.3. The first kappa shape index (κ1) is 59.1. The minimum Gasteiger partial charge on any atom is -0.457 e. The Morgan fingerprint density at radius 3 is 1.11 bits per heavy atom. The molecule has 4 nitrogen and oxygen atoms in total. The SMILES string of the molecule is CC/C=C\C/C=C\C/C=C\C/C=C\C/C=C\CCCCCCCCCCCC(=O)OC(CO)COCCCCCCCCCCCCCCCCCCCCCCCCCC. The van der Waals surface area contributed by atoms with Gasteiger partial charge in [0.15, 0.2) is 0 Å². The van der Waals surface area contributed by atoms with Gasteiger partial charge in [-0.2, -0.15) is 0 Å². The summed E-state index contributed by atoms with van der Waals surface area (Å²) < 4.78 is 11.2. The van der Waals surface area contributed by atoms with Crippen LogP contribution in [0.1, 0.15) is 271 Å². The Morgan fingerprint density at radius 2 is 0.738 bits per heavy atom. The van der Waals surface area contributed by atoms with E-state index in [4.69, 9.17) is 9.47 Å². The van der Waals surface area contributed by atoms with Crippen molar-refractivity contribution in [2.24, 2.45) is 0 Å². The van der Waals surface area contributed by atoms with E-state index in [2.05, 4.69) is 74.6 Å². The zero-order valence-electron chi connectivity index (χ0n) is 40.9. The Morgan fingerprint density at radius 1 is 0.410 bits per heavy atom. The van der Waals surface area contributed by atoms with Crippen LogP contribution in [-0.2, 0) is 14.3 Å². The normalized spacial score (nSPS) is 12.8. The van der Waals surface area contributed by atoms with Gasteiger partial charge in [0.1, 0.15) is 6.10 Å². The molecular formula is C57H104O4. The van der Waals surface area contributed by atoms with Crippen molar-refractivity contribution in [3.8, 4) is 0 Å². The molecule has 0 aliphatic carbocycles. The van der Waals surface area contributed by atoms with Crippen molar-refractivity contribution in [1.29, 1.82) is 0 Å². The van der Waals surface area contributed by atoms with E-state index in [1.807, 2.05) is 0 Å². The average molecular weight is 853 g/mol. The Labute approximate surface area is 381 Å². The van der Waals surface area contributed by atoms with E-state index in [1.54, 1.807) is 0 Å². The van der Waals surface area contributed by atoms with Gasteiger partial charge in [-0.3, -0.25) is 4.79 Å². The highest BCUT2D eigenvalue weighted by atomic mass is 16.6. The Hall–Kier alpha value is -1.91. The van der Waals surface area contributed by atoms with Gasteiger partial charge in [0.2, 0.25) is 0 Å². The molecular weight excluding hydrogens is 749 g/mol. The van der Waals surface area contributed by atoms with Crippen LogP contribution in [0.4, 0.5) is 0 Å². The molecule has 0 aliphatic heterocycles. The molecule has 0 bridgehead atoms. The summed E-state index contributed by atoms with van der Waals surface area (Å²) in [5.41, 5.74) is 0. The van der Waals surface area contributed by atoms with E-state index in [0.29, 0.717) is 19.6 Å². The van der Waals surface area contributed by atoms with Crippen LogP contribution < -0.4 is 0 Å². The molecule has 1 atom stereocenters. The van der Waals surface area contributed by atoms with Crippen LogP contribution in [0, 0.1) is 0 Å². The highest BCUT2D eigenvalue weighted by Gasteiger charge is 2.13. The van der Waals surface area contributed by atoms with Gasteiger partial charge in [0, 0.05) is 13.0 Å². The number of hydrogen-bond donors (Lipinski definition) is 1. The maximum absolute atomic E-state index is 12.3. The first-order valence-electron chi connectivity index (χ1n) is 26.9. The minimum absolute atomic E-state index is 0.173. The van der Waals surface area contributed by atoms with Crippen LogP contribution in [0.15, 0.2) is 60.8 Å². The third-order valence-electron chi connectivity index (χ3n) is 11.9. The molecule has 1 N–H and O–H groups in total. The van der Waals surface area contributed by atoms with Crippen LogP contribution >= 0.6 is 0 Å². The number of ether oxygens (including phenoxy) is 2. The van der Waals surface area contributed by atoms with Crippen molar-refractivity contribution in [1.82, 2.24) is 0 Å². The highest BCUT2D eigenvalue weighted by Crippen LogP contribution is 2.16. The maximum Gasteiger partial charge on any atom is 0.306 e. The molecule has 0 heterocycles. The predicted octanol–water partition coefficient (Wildman–Crippen LogP) is 18.3. The molecule has 0 saturated carbocycles. The predicted molar refractivity (Wildman–Crippen MR) is 270 cm³/mol. The lowest BCUT2D eigenvalue weighted by Gasteiger charge is -2.16. The standard InChI is InChI=1S/C57H104O4/c1-3-5-7-9-11-13-15-17-19-21-23-25-27-29-30-32-34-36-38-40-42-44-46-48-50-52-57(59)61-56(54-58)55-60-53-51-49-47-45-43-41-39-37-35-33-31-28-26-24-22-20-18-16-14-12-10-8-6-4-2/h5,7,11,13,17,19,23,25,29-30,56,58H,3-4,6,8-10,12,14-16,18,20-22,24,26-28,31-55H2,1-2H3/b7-5-,13-11-,19-17-,25-23-,30-29-. The fraction of sp³-hybridized carbons (Fsp3) is 0.807. The van der Waals surface area contributed by atoms with Crippen LogP contribution in [0.2, 0.25) is 0 Å². The van der Waals surface area contributed by atoms with E-state index in [9.17, 15) is 9.90 Å².